The highest BCUT2D eigenvalue weighted by atomic mass is 35.5. The molecule has 94 valence electrons. The summed E-state index contributed by atoms with van der Waals surface area (Å²) < 4.78 is 5.13. The van der Waals surface area contributed by atoms with Gasteiger partial charge in [-0.2, -0.15) is 0 Å². The second-order valence-corrected chi connectivity index (χ2v) is 4.40. The number of hydrogen-bond acceptors (Lipinski definition) is 3. The van der Waals surface area contributed by atoms with E-state index in [9.17, 15) is 0 Å². The van der Waals surface area contributed by atoms with Crippen molar-refractivity contribution in [2.75, 3.05) is 24.8 Å². The molecule has 0 aliphatic rings. The van der Waals surface area contributed by atoms with E-state index >= 15 is 0 Å². The number of ether oxygens (including phenoxy) is 1. The van der Waals surface area contributed by atoms with Crippen LogP contribution in [0.3, 0.4) is 0 Å². The van der Waals surface area contributed by atoms with Crippen molar-refractivity contribution in [2.45, 2.75) is 0 Å². The van der Waals surface area contributed by atoms with E-state index in [0.29, 0.717) is 10.7 Å². The largest absolute Gasteiger partial charge is 0.497 e. The van der Waals surface area contributed by atoms with E-state index in [2.05, 4.69) is 0 Å². The Labute approximate surface area is 112 Å². The van der Waals surface area contributed by atoms with Gasteiger partial charge in [-0.25, -0.2) is 0 Å². The molecular formula is C14H15ClN2O. The van der Waals surface area contributed by atoms with Gasteiger partial charge >= 0.3 is 0 Å². The number of halogens is 1. The molecule has 0 radical (unpaired) electrons. The molecule has 2 aromatic carbocycles. The number of methoxy groups -OCH3 is 1. The first-order valence-corrected chi connectivity index (χ1v) is 5.92. The molecule has 0 aliphatic heterocycles. The van der Waals surface area contributed by atoms with Crippen LogP contribution in [0.15, 0.2) is 42.5 Å². The van der Waals surface area contributed by atoms with Crippen LogP contribution < -0.4 is 15.4 Å². The summed E-state index contributed by atoms with van der Waals surface area (Å²) in [5.41, 5.74) is 8.57. The van der Waals surface area contributed by atoms with Gasteiger partial charge in [0.1, 0.15) is 5.75 Å². The standard InChI is InChI=1S/C14H15ClN2O/c1-17(11-4-6-12(18-2)7-5-11)14-8-3-10(15)9-13(14)16/h3-9H,16H2,1-2H3. The van der Waals surface area contributed by atoms with Crippen molar-refractivity contribution < 1.29 is 4.74 Å². The van der Waals surface area contributed by atoms with Crippen molar-refractivity contribution in [3.05, 3.63) is 47.5 Å². The van der Waals surface area contributed by atoms with Gasteiger partial charge in [0.25, 0.3) is 0 Å². The van der Waals surface area contributed by atoms with Crippen LogP contribution in [0.2, 0.25) is 5.02 Å². The van der Waals surface area contributed by atoms with Crippen molar-refractivity contribution in [2.24, 2.45) is 0 Å². The Morgan fingerprint density at radius 3 is 2.33 bits per heavy atom. The van der Waals surface area contributed by atoms with E-state index in [4.69, 9.17) is 22.1 Å². The minimum atomic E-state index is 0.638. The van der Waals surface area contributed by atoms with E-state index in [-0.39, 0.29) is 0 Å². The Morgan fingerprint density at radius 1 is 1.11 bits per heavy atom. The van der Waals surface area contributed by atoms with Crippen LogP contribution in [0.4, 0.5) is 17.1 Å². The summed E-state index contributed by atoms with van der Waals surface area (Å²) in [7, 11) is 3.61. The van der Waals surface area contributed by atoms with Crippen LogP contribution in [-0.4, -0.2) is 14.2 Å². The van der Waals surface area contributed by atoms with Crippen LogP contribution in [0.25, 0.3) is 0 Å². The molecule has 3 nitrogen and oxygen atoms in total. The number of anilines is 3. The molecule has 0 spiro atoms. The maximum absolute atomic E-state index is 5.96. The molecule has 0 atom stereocenters. The van der Waals surface area contributed by atoms with Crippen molar-refractivity contribution >= 4 is 28.7 Å². The molecule has 18 heavy (non-hydrogen) atoms. The number of nitrogens with zero attached hydrogens (tertiary/aromatic N) is 1. The first kappa shape index (κ1) is 12.6. The van der Waals surface area contributed by atoms with Gasteiger partial charge in [-0.05, 0) is 42.5 Å². The van der Waals surface area contributed by atoms with Gasteiger partial charge < -0.3 is 15.4 Å². The lowest BCUT2D eigenvalue weighted by Gasteiger charge is -2.21. The van der Waals surface area contributed by atoms with Crippen molar-refractivity contribution in [3.8, 4) is 5.75 Å². The number of nitrogen functional groups attached to an aromatic ring is 1. The Bertz CT molecular complexity index is 540. The summed E-state index contributed by atoms with van der Waals surface area (Å²) in [6.45, 7) is 0. The number of nitrogens with two attached hydrogens (primary N) is 1. The lowest BCUT2D eigenvalue weighted by molar-refractivity contribution is 0.415. The molecular weight excluding hydrogens is 248 g/mol. The van der Waals surface area contributed by atoms with Gasteiger partial charge in [0.15, 0.2) is 0 Å². The molecule has 2 rings (SSSR count). The molecule has 0 heterocycles. The minimum absolute atomic E-state index is 0.638. The zero-order chi connectivity index (χ0) is 13.1. The van der Waals surface area contributed by atoms with E-state index in [1.807, 2.05) is 48.3 Å². The summed E-state index contributed by atoms with van der Waals surface area (Å²) >= 11 is 5.89. The molecule has 4 heteroatoms. The Kier molecular flexibility index (Phi) is 3.63. The van der Waals surface area contributed by atoms with Crippen LogP contribution >= 0.6 is 11.6 Å². The molecule has 0 saturated carbocycles. The van der Waals surface area contributed by atoms with Crippen molar-refractivity contribution in [1.82, 2.24) is 0 Å². The maximum atomic E-state index is 5.96. The minimum Gasteiger partial charge on any atom is -0.497 e. The Hall–Kier alpha value is -1.87. The maximum Gasteiger partial charge on any atom is 0.119 e. The molecule has 2 N–H and O–H groups in total. The summed E-state index contributed by atoms with van der Waals surface area (Å²) in [5.74, 6) is 0.830. The predicted molar refractivity (Wildman–Crippen MR) is 76.9 cm³/mol. The second-order valence-electron chi connectivity index (χ2n) is 3.96. The van der Waals surface area contributed by atoms with Gasteiger partial charge in [0.05, 0.1) is 18.5 Å². The third-order valence-electron chi connectivity index (χ3n) is 2.81. The Morgan fingerprint density at radius 2 is 1.78 bits per heavy atom. The molecule has 0 bridgehead atoms. The average molecular weight is 263 g/mol. The topological polar surface area (TPSA) is 38.5 Å². The highest BCUT2D eigenvalue weighted by Crippen LogP contribution is 2.31. The van der Waals surface area contributed by atoms with Crippen molar-refractivity contribution in [3.63, 3.8) is 0 Å². The van der Waals surface area contributed by atoms with Crippen LogP contribution in [0.1, 0.15) is 0 Å². The van der Waals surface area contributed by atoms with E-state index in [1.54, 1.807) is 13.2 Å². The van der Waals surface area contributed by atoms with E-state index in [1.165, 1.54) is 0 Å². The van der Waals surface area contributed by atoms with Crippen LogP contribution in [0, 0.1) is 0 Å². The highest BCUT2D eigenvalue weighted by Gasteiger charge is 2.08. The van der Waals surface area contributed by atoms with E-state index < -0.39 is 0 Å². The molecule has 0 aromatic heterocycles. The number of rotatable bonds is 3. The SMILES string of the molecule is COc1ccc(N(C)c2ccc(Cl)cc2N)cc1. The predicted octanol–water partition coefficient (Wildman–Crippen LogP) is 3.70. The van der Waals surface area contributed by atoms with Gasteiger partial charge in [0.2, 0.25) is 0 Å². The quantitative estimate of drug-likeness (QED) is 0.858. The molecule has 0 saturated heterocycles. The summed E-state index contributed by atoms with van der Waals surface area (Å²) in [5, 5.41) is 0.638. The fourth-order valence-corrected chi connectivity index (χ4v) is 1.96. The molecule has 0 amide bonds. The highest BCUT2D eigenvalue weighted by molar-refractivity contribution is 6.31. The second kappa shape index (κ2) is 5.19. The summed E-state index contributed by atoms with van der Waals surface area (Å²) in [6, 6.07) is 13.3. The van der Waals surface area contributed by atoms with Gasteiger partial charge in [-0.3, -0.25) is 0 Å². The molecule has 0 fully saturated rings. The zero-order valence-electron chi connectivity index (χ0n) is 10.4. The summed E-state index contributed by atoms with van der Waals surface area (Å²) in [4.78, 5) is 2.01. The molecule has 0 unspecified atom stereocenters. The van der Waals surface area contributed by atoms with Crippen LogP contribution in [0.5, 0.6) is 5.75 Å². The van der Waals surface area contributed by atoms with Crippen LogP contribution in [-0.2, 0) is 0 Å². The molecule has 0 aliphatic carbocycles. The fourth-order valence-electron chi connectivity index (χ4n) is 1.78. The van der Waals surface area contributed by atoms with Crippen molar-refractivity contribution in [1.29, 1.82) is 0 Å². The third-order valence-corrected chi connectivity index (χ3v) is 3.05. The first-order chi connectivity index (χ1) is 8.61. The monoisotopic (exact) mass is 262 g/mol. The van der Waals surface area contributed by atoms with E-state index in [0.717, 1.165) is 17.1 Å². The lowest BCUT2D eigenvalue weighted by Crippen LogP contribution is -2.11. The Balaban J connectivity index is 2.31. The number of benzene rings is 2. The van der Waals surface area contributed by atoms with Gasteiger partial charge in [-0.15, -0.1) is 0 Å². The number of hydrogen-bond donors (Lipinski definition) is 1. The normalized spacial score (nSPS) is 10.2. The van der Waals surface area contributed by atoms with Gasteiger partial charge in [-0.1, -0.05) is 11.6 Å². The summed E-state index contributed by atoms with van der Waals surface area (Å²) in [6.07, 6.45) is 0. The zero-order valence-corrected chi connectivity index (χ0v) is 11.1. The lowest BCUT2D eigenvalue weighted by atomic mass is 10.2. The average Bonchev–Trinajstić information content (AvgIpc) is 2.38. The molecule has 2 aromatic rings. The fraction of sp³-hybridized carbons (Fsp3) is 0.143. The third kappa shape index (κ3) is 2.51. The van der Waals surface area contributed by atoms with Gasteiger partial charge in [0, 0.05) is 17.8 Å². The first-order valence-electron chi connectivity index (χ1n) is 5.54. The smallest absolute Gasteiger partial charge is 0.119 e.